The van der Waals surface area contributed by atoms with Crippen molar-refractivity contribution in [2.75, 3.05) is 31.1 Å². The molecule has 1 saturated carbocycles. The molecule has 19 heavy (non-hydrogen) atoms. The molecule has 0 bridgehead atoms. The van der Waals surface area contributed by atoms with Crippen LogP contribution in [0.25, 0.3) is 0 Å². The predicted molar refractivity (Wildman–Crippen MR) is 77.1 cm³/mol. The minimum absolute atomic E-state index is 0.258. The summed E-state index contributed by atoms with van der Waals surface area (Å²) < 4.78 is 23.9. The van der Waals surface area contributed by atoms with Crippen LogP contribution >= 0.6 is 0 Å². The van der Waals surface area contributed by atoms with Crippen molar-refractivity contribution in [2.45, 2.75) is 56.5 Å². The lowest BCUT2D eigenvalue weighted by Gasteiger charge is -2.53. The number of rotatable bonds is 1. The quantitative estimate of drug-likeness (QED) is 0.786. The molecule has 0 amide bonds. The highest BCUT2D eigenvalue weighted by molar-refractivity contribution is 7.91. The van der Waals surface area contributed by atoms with Crippen molar-refractivity contribution in [2.24, 2.45) is 0 Å². The van der Waals surface area contributed by atoms with E-state index in [4.69, 9.17) is 0 Å². The molecule has 1 aliphatic carbocycles. The SMILES string of the molecule is O=S1(=O)CCCC(N2CCNCC23CCCCC3)C1. The Hall–Kier alpha value is -0.130. The molecule has 1 spiro atoms. The van der Waals surface area contributed by atoms with Crippen molar-refractivity contribution in [1.29, 1.82) is 0 Å². The van der Waals surface area contributed by atoms with Crippen LogP contribution in [0.3, 0.4) is 0 Å². The maximum Gasteiger partial charge on any atom is 0.151 e. The molecule has 3 rings (SSSR count). The number of piperazine rings is 1. The van der Waals surface area contributed by atoms with Crippen LogP contribution in [0.15, 0.2) is 0 Å². The summed E-state index contributed by atoms with van der Waals surface area (Å²) in [5, 5.41) is 3.54. The summed E-state index contributed by atoms with van der Waals surface area (Å²) >= 11 is 0. The van der Waals surface area contributed by atoms with Crippen LogP contribution in [-0.2, 0) is 9.84 Å². The fraction of sp³-hybridized carbons (Fsp3) is 1.00. The molecule has 3 fully saturated rings. The van der Waals surface area contributed by atoms with Crippen molar-refractivity contribution in [3.05, 3.63) is 0 Å². The highest BCUT2D eigenvalue weighted by Crippen LogP contribution is 2.37. The fourth-order valence-electron chi connectivity index (χ4n) is 4.35. The molecule has 1 unspecified atom stereocenters. The van der Waals surface area contributed by atoms with E-state index in [1.807, 2.05) is 0 Å². The molecule has 0 radical (unpaired) electrons. The lowest BCUT2D eigenvalue weighted by atomic mass is 9.78. The third-order valence-electron chi connectivity index (χ3n) is 5.26. The van der Waals surface area contributed by atoms with Gasteiger partial charge in [0, 0.05) is 31.2 Å². The van der Waals surface area contributed by atoms with Crippen LogP contribution in [0.5, 0.6) is 0 Å². The zero-order valence-corrected chi connectivity index (χ0v) is 12.6. The van der Waals surface area contributed by atoms with E-state index in [1.54, 1.807) is 0 Å². The first-order chi connectivity index (χ1) is 9.11. The average Bonchev–Trinajstić information content (AvgIpc) is 2.39. The molecule has 1 atom stereocenters. The summed E-state index contributed by atoms with van der Waals surface area (Å²) in [5.41, 5.74) is 0.258. The van der Waals surface area contributed by atoms with Crippen LogP contribution in [0.2, 0.25) is 0 Å². The van der Waals surface area contributed by atoms with Gasteiger partial charge in [0.15, 0.2) is 9.84 Å². The molecule has 3 aliphatic rings. The molecule has 1 N–H and O–H groups in total. The topological polar surface area (TPSA) is 49.4 Å². The van der Waals surface area contributed by atoms with Gasteiger partial charge in [0.25, 0.3) is 0 Å². The van der Waals surface area contributed by atoms with Crippen LogP contribution in [0.1, 0.15) is 44.9 Å². The first-order valence-corrected chi connectivity index (χ1v) is 9.61. The molecule has 2 aliphatic heterocycles. The number of hydrogen-bond donors (Lipinski definition) is 1. The molecule has 4 nitrogen and oxygen atoms in total. The first-order valence-electron chi connectivity index (χ1n) is 7.79. The van der Waals surface area contributed by atoms with E-state index in [2.05, 4.69) is 10.2 Å². The van der Waals surface area contributed by atoms with E-state index in [-0.39, 0.29) is 11.6 Å². The molecule has 2 heterocycles. The third kappa shape index (κ3) is 2.83. The Labute approximate surface area is 116 Å². The summed E-state index contributed by atoms with van der Waals surface area (Å²) in [4.78, 5) is 2.58. The summed E-state index contributed by atoms with van der Waals surface area (Å²) in [6, 6.07) is 0.277. The minimum atomic E-state index is -2.80. The standard InChI is InChI=1S/C14H26N2O2S/c17-19(18)10-4-5-13(11-19)16-9-8-15-12-14(16)6-2-1-3-7-14/h13,15H,1-12H2. The second-order valence-electron chi connectivity index (χ2n) is 6.57. The van der Waals surface area contributed by atoms with Gasteiger partial charge in [-0.05, 0) is 25.7 Å². The van der Waals surface area contributed by atoms with Crippen LogP contribution in [0, 0.1) is 0 Å². The van der Waals surface area contributed by atoms with Gasteiger partial charge in [-0.2, -0.15) is 0 Å². The Morgan fingerprint density at radius 3 is 2.63 bits per heavy atom. The van der Waals surface area contributed by atoms with Crippen LogP contribution in [-0.4, -0.2) is 56.0 Å². The summed E-state index contributed by atoms with van der Waals surface area (Å²) in [6.07, 6.45) is 8.37. The largest absolute Gasteiger partial charge is 0.314 e. The van der Waals surface area contributed by atoms with Crippen molar-refractivity contribution in [1.82, 2.24) is 10.2 Å². The van der Waals surface area contributed by atoms with E-state index in [0.29, 0.717) is 11.5 Å². The second kappa shape index (κ2) is 5.34. The maximum absolute atomic E-state index is 11.9. The lowest BCUT2D eigenvalue weighted by Crippen LogP contribution is -2.66. The van der Waals surface area contributed by atoms with Crippen molar-refractivity contribution in [3.63, 3.8) is 0 Å². The summed E-state index contributed by atoms with van der Waals surface area (Å²) in [7, 11) is -2.80. The van der Waals surface area contributed by atoms with Crippen molar-refractivity contribution in [3.8, 4) is 0 Å². The van der Waals surface area contributed by atoms with Crippen LogP contribution in [0.4, 0.5) is 0 Å². The third-order valence-corrected chi connectivity index (χ3v) is 7.06. The summed E-state index contributed by atoms with van der Waals surface area (Å²) in [6.45, 7) is 3.10. The molecule has 110 valence electrons. The smallest absolute Gasteiger partial charge is 0.151 e. The fourth-order valence-corrected chi connectivity index (χ4v) is 6.05. The Balaban J connectivity index is 1.80. The van der Waals surface area contributed by atoms with Crippen molar-refractivity contribution < 1.29 is 8.42 Å². The zero-order chi connectivity index (χ0) is 13.3. The van der Waals surface area contributed by atoms with Gasteiger partial charge in [-0.15, -0.1) is 0 Å². The van der Waals surface area contributed by atoms with Gasteiger partial charge in [-0.3, -0.25) is 4.90 Å². The monoisotopic (exact) mass is 286 g/mol. The van der Waals surface area contributed by atoms with Crippen molar-refractivity contribution >= 4 is 9.84 Å². The van der Waals surface area contributed by atoms with E-state index >= 15 is 0 Å². The second-order valence-corrected chi connectivity index (χ2v) is 8.79. The van der Waals surface area contributed by atoms with E-state index in [1.165, 1.54) is 32.1 Å². The zero-order valence-electron chi connectivity index (χ0n) is 11.7. The Kier molecular flexibility index (Phi) is 3.89. The highest BCUT2D eigenvalue weighted by Gasteiger charge is 2.44. The maximum atomic E-state index is 11.9. The molecule has 0 aromatic rings. The molecule has 0 aromatic heterocycles. The lowest BCUT2D eigenvalue weighted by molar-refractivity contribution is -0.00437. The predicted octanol–water partition coefficient (Wildman–Crippen LogP) is 1.17. The average molecular weight is 286 g/mol. The first kappa shape index (κ1) is 13.8. The Morgan fingerprint density at radius 1 is 1.11 bits per heavy atom. The number of hydrogen-bond acceptors (Lipinski definition) is 4. The van der Waals surface area contributed by atoms with Gasteiger partial charge < -0.3 is 5.32 Å². The van der Waals surface area contributed by atoms with Gasteiger partial charge in [-0.1, -0.05) is 19.3 Å². The minimum Gasteiger partial charge on any atom is -0.314 e. The van der Waals surface area contributed by atoms with E-state index < -0.39 is 9.84 Å². The van der Waals surface area contributed by atoms with Gasteiger partial charge in [0.1, 0.15) is 0 Å². The Bertz CT molecular complexity index is 407. The number of sulfone groups is 1. The normalized spacial score (nSPS) is 35.3. The molecule has 2 saturated heterocycles. The Morgan fingerprint density at radius 2 is 1.89 bits per heavy atom. The van der Waals surface area contributed by atoms with E-state index in [9.17, 15) is 8.42 Å². The van der Waals surface area contributed by atoms with E-state index in [0.717, 1.165) is 32.5 Å². The molecule has 5 heteroatoms. The number of nitrogens with one attached hydrogen (secondary N) is 1. The summed E-state index contributed by atoms with van der Waals surface area (Å²) in [5.74, 6) is 0.803. The van der Waals surface area contributed by atoms with Gasteiger partial charge in [0.05, 0.1) is 11.5 Å². The van der Waals surface area contributed by atoms with Gasteiger partial charge in [-0.25, -0.2) is 8.42 Å². The molecule has 0 aromatic carbocycles. The van der Waals surface area contributed by atoms with Crippen LogP contribution < -0.4 is 5.32 Å². The van der Waals surface area contributed by atoms with Gasteiger partial charge in [0.2, 0.25) is 0 Å². The molecular formula is C14H26N2O2S. The number of nitrogens with zero attached hydrogens (tertiary/aromatic N) is 1. The highest BCUT2D eigenvalue weighted by atomic mass is 32.2. The molecular weight excluding hydrogens is 260 g/mol. The van der Waals surface area contributed by atoms with Gasteiger partial charge >= 0.3 is 0 Å².